The Bertz CT molecular complexity index is 527. The maximum absolute atomic E-state index is 12.3. The molecule has 5 nitrogen and oxygen atoms in total. The number of hydrogen-bond donors (Lipinski definition) is 2. The van der Waals surface area contributed by atoms with Gasteiger partial charge in [-0.3, -0.25) is 0 Å². The number of methoxy groups -OCH3 is 1. The molecule has 0 atom stereocenters. The Morgan fingerprint density at radius 2 is 2.00 bits per heavy atom. The van der Waals surface area contributed by atoms with Crippen molar-refractivity contribution in [3.63, 3.8) is 0 Å². The van der Waals surface area contributed by atoms with Crippen molar-refractivity contribution in [2.24, 2.45) is 0 Å². The fourth-order valence-corrected chi connectivity index (χ4v) is 3.41. The Labute approximate surface area is 120 Å². The van der Waals surface area contributed by atoms with Crippen molar-refractivity contribution in [1.82, 2.24) is 4.72 Å². The predicted molar refractivity (Wildman–Crippen MR) is 79.4 cm³/mol. The van der Waals surface area contributed by atoms with Crippen molar-refractivity contribution < 1.29 is 13.2 Å². The molecule has 1 fully saturated rings. The summed E-state index contributed by atoms with van der Waals surface area (Å²) in [5.74, 6) is 0. The van der Waals surface area contributed by atoms with Crippen LogP contribution < -0.4 is 10.0 Å². The lowest BCUT2D eigenvalue weighted by atomic mass is 10.3. The second kappa shape index (κ2) is 7.06. The first-order valence-corrected chi connectivity index (χ1v) is 8.46. The Morgan fingerprint density at radius 3 is 2.70 bits per heavy atom. The van der Waals surface area contributed by atoms with Gasteiger partial charge in [-0.2, -0.15) is 0 Å². The summed E-state index contributed by atoms with van der Waals surface area (Å²) >= 11 is 0. The third-order valence-corrected chi connectivity index (χ3v) is 4.75. The van der Waals surface area contributed by atoms with Crippen LogP contribution in [0.4, 0.5) is 5.69 Å². The van der Waals surface area contributed by atoms with E-state index in [1.165, 1.54) is 0 Å². The number of unbranched alkanes of at least 4 members (excludes halogenated alkanes) is 1. The number of ether oxygens (including phenoxy) is 1. The van der Waals surface area contributed by atoms with Crippen molar-refractivity contribution in [2.75, 3.05) is 25.6 Å². The van der Waals surface area contributed by atoms with E-state index in [2.05, 4.69) is 10.0 Å². The van der Waals surface area contributed by atoms with Gasteiger partial charge in [0.2, 0.25) is 10.0 Å². The summed E-state index contributed by atoms with van der Waals surface area (Å²) in [6, 6.07) is 7.15. The van der Waals surface area contributed by atoms with Crippen LogP contribution in [0.2, 0.25) is 0 Å². The van der Waals surface area contributed by atoms with Crippen LogP contribution in [-0.4, -0.2) is 34.7 Å². The average Bonchev–Trinajstić information content (AvgIpc) is 3.22. The van der Waals surface area contributed by atoms with E-state index in [9.17, 15) is 8.42 Å². The third-order valence-electron chi connectivity index (χ3n) is 3.17. The van der Waals surface area contributed by atoms with Crippen molar-refractivity contribution in [3.05, 3.63) is 24.3 Å². The Hall–Kier alpha value is -1.11. The second-order valence-electron chi connectivity index (χ2n) is 5.02. The van der Waals surface area contributed by atoms with Gasteiger partial charge < -0.3 is 10.1 Å². The molecular weight excluding hydrogens is 276 g/mol. The fourth-order valence-electron chi connectivity index (χ4n) is 1.93. The monoisotopic (exact) mass is 298 g/mol. The number of hydrogen-bond acceptors (Lipinski definition) is 4. The molecule has 20 heavy (non-hydrogen) atoms. The van der Waals surface area contributed by atoms with Gasteiger partial charge in [-0.15, -0.1) is 0 Å². The van der Waals surface area contributed by atoms with E-state index in [0.717, 1.165) is 38.8 Å². The zero-order valence-electron chi connectivity index (χ0n) is 11.8. The predicted octanol–water partition coefficient (Wildman–Crippen LogP) is 1.97. The van der Waals surface area contributed by atoms with Crippen LogP contribution in [0.1, 0.15) is 25.7 Å². The van der Waals surface area contributed by atoms with E-state index < -0.39 is 10.0 Å². The zero-order chi connectivity index (χ0) is 14.4. The summed E-state index contributed by atoms with van der Waals surface area (Å²) < 4.78 is 32.2. The molecule has 0 radical (unpaired) electrons. The van der Waals surface area contributed by atoms with E-state index >= 15 is 0 Å². The molecule has 0 aliphatic heterocycles. The molecular formula is C14H22N2O3S. The minimum Gasteiger partial charge on any atom is -0.385 e. The molecule has 2 rings (SSSR count). The van der Waals surface area contributed by atoms with E-state index in [-0.39, 0.29) is 6.04 Å². The first-order chi connectivity index (χ1) is 9.63. The van der Waals surface area contributed by atoms with Crippen LogP contribution in [0.25, 0.3) is 0 Å². The molecule has 2 N–H and O–H groups in total. The van der Waals surface area contributed by atoms with Crippen LogP contribution in [-0.2, 0) is 14.8 Å². The largest absolute Gasteiger partial charge is 0.385 e. The Balaban J connectivity index is 1.98. The van der Waals surface area contributed by atoms with Crippen molar-refractivity contribution in [2.45, 2.75) is 36.6 Å². The van der Waals surface area contributed by atoms with Gasteiger partial charge in [0.25, 0.3) is 0 Å². The second-order valence-corrected chi connectivity index (χ2v) is 6.70. The highest BCUT2D eigenvalue weighted by molar-refractivity contribution is 7.89. The first-order valence-electron chi connectivity index (χ1n) is 6.97. The summed E-state index contributed by atoms with van der Waals surface area (Å²) in [5.41, 5.74) is 0.665. The highest BCUT2D eigenvalue weighted by Gasteiger charge is 2.29. The maximum Gasteiger partial charge on any atom is 0.242 e. The number of para-hydroxylation sites is 1. The van der Waals surface area contributed by atoms with Gasteiger partial charge in [-0.1, -0.05) is 12.1 Å². The summed E-state index contributed by atoms with van der Waals surface area (Å²) in [6.07, 6.45) is 3.77. The Morgan fingerprint density at radius 1 is 1.25 bits per heavy atom. The number of rotatable bonds is 9. The highest BCUT2D eigenvalue weighted by Crippen LogP contribution is 2.25. The molecule has 6 heteroatoms. The quantitative estimate of drug-likeness (QED) is 0.684. The molecule has 0 heterocycles. The van der Waals surface area contributed by atoms with Crippen molar-refractivity contribution >= 4 is 15.7 Å². The fraction of sp³-hybridized carbons (Fsp3) is 0.571. The van der Waals surface area contributed by atoms with E-state index in [0.29, 0.717) is 10.6 Å². The summed E-state index contributed by atoms with van der Waals surface area (Å²) in [4.78, 5) is 0.332. The van der Waals surface area contributed by atoms with Crippen LogP contribution >= 0.6 is 0 Å². The van der Waals surface area contributed by atoms with Gasteiger partial charge in [0, 0.05) is 26.3 Å². The molecule has 0 saturated heterocycles. The summed E-state index contributed by atoms with van der Waals surface area (Å²) in [6.45, 7) is 1.46. The molecule has 1 aliphatic rings. The summed E-state index contributed by atoms with van der Waals surface area (Å²) in [7, 11) is -1.73. The zero-order valence-corrected chi connectivity index (χ0v) is 12.6. The molecule has 0 unspecified atom stereocenters. The lowest BCUT2D eigenvalue weighted by molar-refractivity contribution is 0.194. The number of benzene rings is 1. The minimum atomic E-state index is -3.41. The molecule has 1 aliphatic carbocycles. The maximum atomic E-state index is 12.3. The van der Waals surface area contributed by atoms with Gasteiger partial charge in [-0.25, -0.2) is 13.1 Å². The molecule has 1 aromatic rings. The van der Waals surface area contributed by atoms with Gasteiger partial charge in [-0.05, 0) is 37.8 Å². The molecule has 112 valence electrons. The average molecular weight is 298 g/mol. The number of nitrogens with one attached hydrogen (secondary N) is 2. The molecule has 0 bridgehead atoms. The van der Waals surface area contributed by atoms with Crippen molar-refractivity contribution in [3.8, 4) is 0 Å². The van der Waals surface area contributed by atoms with Gasteiger partial charge >= 0.3 is 0 Å². The minimum absolute atomic E-state index is 0.120. The van der Waals surface area contributed by atoms with Gasteiger partial charge in [0.15, 0.2) is 0 Å². The molecule has 1 aromatic carbocycles. The van der Waals surface area contributed by atoms with E-state index in [4.69, 9.17) is 4.74 Å². The lowest BCUT2D eigenvalue weighted by Gasteiger charge is -2.13. The standard InChI is InChI=1S/C14H22N2O3S/c1-19-11-5-4-10-15-13-6-2-3-7-14(13)20(17,18)16-12-8-9-12/h2-3,6-7,12,15-16H,4-5,8-11H2,1H3. The number of sulfonamides is 1. The van der Waals surface area contributed by atoms with E-state index in [1.54, 1.807) is 25.3 Å². The Kier molecular flexibility index (Phi) is 5.39. The topological polar surface area (TPSA) is 67.4 Å². The van der Waals surface area contributed by atoms with Crippen molar-refractivity contribution in [1.29, 1.82) is 0 Å². The third kappa shape index (κ3) is 4.47. The number of anilines is 1. The van der Waals surface area contributed by atoms with Crippen LogP contribution in [0.5, 0.6) is 0 Å². The summed E-state index contributed by atoms with van der Waals surface area (Å²) in [5, 5.41) is 3.20. The lowest BCUT2D eigenvalue weighted by Crippen LogP contribution is -2.26. The molecule has 0 aromatic heterocycles. The smallest absolute Gasteiger partial charge is 0.242 e. The first kappa shape index (κ1) is 15.3. The molecule has 0 amide bonds. The van der Waals surface area contributed by atoms with Crippen LogP contribution in [0.15, 0.2) is 29.2 Å². The van der Waals surface area contributed by atoms with Gasteiger partial charge in [0.05, 0.1) is 5.69 Å². The normalized spacial score (nSPS) is 15.2. The van der Waals surface area contributed by atoms with Crippen LogP contribution in [0, 0.1) is 0 Å². The van der Waals surface area contributed by atoms with Gasteiger partial charge in [0.1, 0.15) is 4.90 Å². The highest BCUT2D eigenvalue weighted by atomic mass is 32.2. The van der Waals surface area contributed by atoms with Crippen LogP contribution in [0.3, 0.4) is 0 Å². The van der Waals surface area contributed by atoms with E-state index in [1.807, 2.05) is 6.07 Å². The molecule has 0 spiro atoms. The molecule has 1 saturated carbocycles. The SMILES string of the molecule is COCCCCNc1ccccc1S(=O)(=O)NC1CC1.